The first-order chi connectivity index (χ1) is 17.5. The molecule has 6 N–H and O–H groups in total. The third-order valence-corrected chi connectivity index (χ3v) is 5.64. The highest BCUT2D eigenvalue weighted by Gasteiger charge is 2.34. The van der Waals surface area contributed by atoms with Crippen molar-refractivity contribution < 1.29 is 18.0 Å². The molecule has 194 valence electrons. The van der Waals surface area contributed by atoms with Gasteiger partial charge in [-0.3, -0.25) is 10.00 Å². The number of benzene rings is 2. The van der Waals surface area contributed by atoms with Gasteiger partial charge in [-0.25, -0.2) is 14.8 Å². The maximum atomic E-state index is 13.7. The predicted molar refractivity (Wildman–Crippen MR) is 136 cm³/mol. The van der Waals surface area contributed by atoms with Crippen LogP contribution in [0.1, 0.15) is 11.1 Å². The number of hydrogen-bond donors (Lipinski definition) is 4. The second-order valence-corrected chi connectivity index (χ2v) is 8.52. The van der Waals surface area contributed by atoms with Crippen LogP contribution in [0.5, 0.6) is 0 Å². The molecule has 0 saturated carbocycles. The monoisotopic (exact) mass is 513 g/mol. The smallest absolute Gasteiger partial charge is 0.368 e. The van der Waals surface area contributed by atoms with Crippen LogP contribution in [0.4, 0.5) is 35.4 Å². The van der Waals surface area contributed by atoms with Gasteiger partial charge in [0.1, 0.15) is 0 Å². The minimum Gasteiger partial charge on any atom is -0.368 e. The zero-order valence-electron chi connectivity index (χ0n) is 20.2. The van der Waals surface area contributed by atoms with Gasteiger partial charge in [-0.05, 0) is 36.9 Å². The Morgan fingerprint density at radius 2 is 1.92 bits per heavy atom. The lowest BCUT2D eigenvalue weighted by atomic mass is 10.1. The van der Waals surface area contributed by atoms with Crippen molar-refractivity contribution >= 4 is 34.4 Å². The highest BCUT2D eigenvalue weighted by atomic mass is 19.4. The summed E-state index contributed by atoms with van der Waals surface area (Å²) in [5.41, 5.74) is 12.6. The van der Waals surface area contributed by atoms with Gasteiger partial charge >= 0.3 is 12.2 Å². The first-order valence-electron chi connectivity index (χ1n) is 11.3. The molecule has 0 aliphatic rings. The number of aryl methyl sites for hydroxylation is 1. The number of halogens is 3. The molecule has 0 fully saturated rings. The van der Waals surface area contributed by atoms with Crippen LogP contribution in [0, 0.1) is 0 Å². The lowest BCUT2D eigenvalue weighted by molar-refractivity contribution is -0.138. The minimum atomic E-state index is -4.58. The molecule has 0 aliphatic carbocycles. The summed E-state index contributed by atoms with van der Waals surface area (Å²) in [5.74, 6) is 0.397. The number of rotatable bonds is 7. The van der Waals surface area contributed by atoms with E-state index in [1.54, 1.807) is 42.0 Å². The lowest BCUT2D eigenvalue weighted by Gasteiger charge is -2.20. The van der Waals surface area contributed by atoms with E-state index in [9.17, 15) is 18.0 Å². The van der Waals surface area contributed by atoms with Crippen molar-refractivity contribution in [1.29, 1.82) is 0 Å². The average molecular weight is 514 g/mol. The number of amides is 2. The maximum absolute atomic E-state index is 13.7. The maximum Gasteiger partial charge on any atom is 0.416 e. The lowest BCUT2D eigenvalue weighted by Crippen LogP contribution is -2.26. The third kappa shape index (κ3) is 6.13. The van der Waals surface area contributed by atoms with Gasteiger partial charge in [0.2, 0.25) is 5.95 Å². The van der Waals surface area contributed by atoms with Gasteiger partial charge in [-0.15, -0.1) is 0 Å². The minimum absolute atomic E-state index is 0.00000902. The SMILES string of the molecule is CN(CCN)Cc1ccc(NC(=O)Nc2cc(-c3ccc4nc(N)ncc4c3)n(C)n2)cc1C(F)(F)F. The molecule has 2 heterocycles. The predicted octanol–water partition coefficient (Wildman–Crippen LogP) is 3.67. The number of hydrogen-bond acceptors (Lipinski definition) is 7. The van der Waals surface area contributed by atoms with Crippen LogP contribution in [0.3, 0.4) is 0 Å². The number of nitrogens with zero attached hydrogens (tertiary/aromatic N) is 5. The first-order valence-corrected chi connectivity index (χ1v) is 11.3. The molecular formula is C24H26F3N9O. The van der Waals surface area contributed by atoms with Crippen LogP contribution in [-0.2, 0) is 19.8 Å². The number of nitrogens with one attached hydrogen (secondary N) is 2. The highest BCUT2D eigenvalue weighted by molar-refractivity contribution is 5.99. The van der Waals surface area contributed by atoms with Crippen LogP contribution in [0.2, 0.25) is 0 Å². The average Bonchev–Trinajstić information content (AvgIpc) is 3.18. The Hall–Kier alpha value is -4.23. The Morgan fingerprint density at radius 3 is 2.65 bits per heavy atom. The quantitative estimate of drug-likeness (QED) is 0.296. The Labute approximate surface area is 210 Å². The molecule has 4 aromatic rings. The number of fused-ring (bicyclic) bond motifs is 1. The summed E-state index contributed by atoms with van der Waals surface area (Å²) in [6.07, 6.45) is -2.97. The van der Waals surface area contributed by atoms with Gasteiger partial charge in [-0.2, -0.15) is 18.3 Å². The van der Waals surface area contributed by atoms with Crippen molar-refractivity contribution in [2.45, 2.75) is 12.7 Å². The number of aromatic nitrogens is 4. The molecule has 2 amide bonds. The summed E-state index contributed by atoms with van der Waals surface area (Å²) in [6, 6.07) is 10.1. The molecule has 0 atom stereocenters. The Balaban J connectivity index is 1.50. The molecule has 0 aliphatic heterocycles. The number of carbonyl (C=O) groups is 1. The van der Waals surface area contributed by atoms with Crippen LogP contribution in [0.25, 0.3) is 22.2 Å². The fraction of sp³-hybridized carbons (Fsp3) is 0.250. The van der Waals surface area contributed by atoms with Crippen LogP contribution in [-0.4, -0.2) is 50.8 Å². The molecule has 2 aromatic heterocycles. The van der Waals surface area contributed by atoms with Crippen molar-refractivity contribution in [2.75, 3.05) is 36.5 Å². The van der Waals surface area contributed by atoms with E-state index >= 15 is 0 Å². The number of nitrogens with two attached hydrogens (primary N) is 2. The molecule has 10 nitrogen and oxygen atoms in total. The molecular weight excluding hydrogens is 487 g/mol. The molecule has 4 rings (SSSR count). The highest BCUT2D eigenvalue weighted by Crippen LogP contribution is 2.34. The summed E-state index contributed by atoms with van der Waals surface area (Å²) in [5, 5.41) is 10.1. The standard InChI is InChI=1S/C24H26F3N9O/c1-35(8-7-28)13-15-3-5-17(10-18(15)24(25,26)27)31-23(37)33-21-11-20(36(2)34-21)14-4-6-19-16(9-14)12-30-22(29)32-19/h3-6,9-12H,7-8,13,28H2,1-2H3,(H2,29,30,32)(H2,31,33,34,37). The normalized spacial score (nSPS) is 11.8. The largest absolute Gasteiger partial charge is 0.416 e. The van der Waals surface area contributed by atoms with Crippen molar-refractivity contribution in [3.63, 3.8) is 0 Å². The third-order valence-electron chi connectivity index (χ3n) is 5.64. The molecule has 0 bridgehead atoms. The number of alkyl halides is 3. The summed E-state index contributed by atoms with van der Waals surface area (Å²) in [6.45, 7) is 0.855. The van der Waals surface area contributed by atoms with E-state index in [0.717, 1.165) is 17.0 Å². The van der Waals surface area contributed by atoms with Gasteiger partial charge in [0.05, 0.1) is 16.8 Å². The zero-order chi connectivity index (χ0) is 26.7. The van der Waals surface area contributed by atoms with Gasteiger partial charge in [0.25, 0.3) is 0 Å². The molecule has 0 radical (unpaired) electrons. The molecule has 0 saturated heterocycles. The number of likely N-dealkylation sites (N-methyl/N-ethyl adjacent to an activating group) is 1. The summed E-state index contributed by atoms with van der Waals surface area (Å²) in [7, 11) is 3.40. The summed E-state index contributed by atoms with van der Waals surface area (Å²) < 4.78 is 42.6. The Morgan fingerprint density at radius 1 is 1.14 bits per heavy atom. The van der Waals surface area contributed by atoms with Crippen molar-refractivity contribution in [3.8, 4) is 11.3 Å². The Bertz CT molecular complexity index is 1430. The molecule has 2 aromatic carbocycles. The molecule has 37 heavy (non-hydrogen) atoms. The second-order valence-electron chi connectivity index (χ2n) is 8.52. The topological polar surface area (TPSA) is 140 Å². The molecule has 0 unspecified atom stereocenters. The van der Waals surface area contributed by atoms with Crippen molar-refractivity contribution in [1.82, 2.24) is 24.6 Å². The van der Waals surface area contributed by atoms with E-state index in [1.165, 1.54) is 12.1 Å². The summed E-state index contributed by atoms with van der Waals surface area (Å²) >= 11 is 0. The first kappa shape index (κ1) is 25.9. The number of urea groups is 1. The fourth-order valence-electron chi connectivity index (χ4n) is 3.93. The van der Waals surface area contributed by atoms with E-state index in [4.69, 9.17) is 11.5 Å². The van der Waals surface area contributed by atoms with E-state index in [1.807, 2.05) is 12.1 Å². The van der Waals surface area contributed by atoms with Crippen LogP contribution < -0.4 is 22.1 Å². The van der Waals surface area contributed by atoms with Gasteiger partial charge in [0, 0.05) is 55.6 Å². The second kappa shape index (κ2) is 10.4. The van der Waals surface area contributed by atoms with Gasteiger partial charge < -0.3 is 21.7 Å². The fourth-order valence-corrected chi connectivity index (χ4v) is 3.93. The van der Waals surface area contributed by atoms with E-state index in [2.05, 4.69) is 25.7 Å². The van der Waals surface area contributed by atoms with Crippen LogP contribution >= 0.6 is 0 Å². The van der Waals surface area contributed by atoms with E-state index < -0.39 is 17.8 Å². The molecule has 13 heteroatoms. The van der Waals surface area contributed by atoms with Crippen molar-refractivity contribution in [3.05, 3.63) is 59.8 Å². The molecule has 0 spiro atoms. The zero-order valence-corrected chi connectivity index (χ0v) is 20.2. The van der Waals surface area contributed by atoms with Crippen molar-refractivity contribution in [2.24, 2.45) is 12.8 Å². The number of carbonyl (C=O) groups excluding carboxylic acids is 1. The Kier molecular flexibility index (Phi) is 7.27. The summed E-state index contributed by atoms with van der Waals surface area (Å²) in [4.78, 5) is 22.4. The number of nitrogen functional groups attached to an aromatic ring is 1. The van der Waals surface area contributed by atoms with Crippen LogP contribution in [0.15, 0.2) is 48.7 Å². The number of anilines is 3. The van der Waals surface area contributed by atoms with Gasteiger partial charge in [0.15, 0.2) is 5.82 Å². The van der Waals surface area contributed by atoms with Gasteiger partial charge in [-0.1, -0.05) is 12.1 Å². The van der Waals surface area contributed by atoms with E-state index in [0.29, 0.717) is 24.3 Å². The van der Waals surface area contributed by atoms with E-state index in [-0.39, 0.29) is 29.6 Å².